The third-order valence-electron chi connectivity index (χ3n) is 1.78. The molecule has 0 fully saturated rings. The van der Waals surface area contributed by atoms with Crippen LogP contribution in [0.25, 0.3) is 10.9 Å². The van der Waals surface area contributed by atoms with Crippen LogP contribution in [0.15, 0.2) is 18.2 Å². The summed E-state index contributed by atoms with van der Waals surface area (Å²) in [6.07, 6.45) is 0. The summed E-state index contributed by atoms with van der Waals surface area (Å²) in [7, 11) is 0. The Morgan fingerprint density at radius 1 is 1.08 bits per heavy atom. The van der Waals surface area contributed by atoms with E-state index in [2.05, 4.69) is 0 Å². The SMILES string of the molecule is Clc1cccc2c1c(Cl)c(Cl)n2Cl. The molecule has 0 aliphatic carbocycles. The van der Waals surface area contributed by atoms with E-state index < -0.39 is 0 Å². The third-order valence-corrected chi connectivity index (χ3v) is 3.35. The average Bonchev–Trinajstić information content (AvgIpc) is 2.33. The van der Waals surface area contributed by atoms with Crippen LogP contribution in [-0.2, 0) is 0 Å². The molecule has 0 bridgehead atoms. The summed E-state index contributed by atoms with van der Waals surface area (Å²) in [5.74, 6) is 0. The number of halogens is 4. The van der Waals surface area contributed by atoms with Gasteiger partial charge >= 0.3 is 0 Å². The summed E-state index contributed by atoms with van der Waals surface area (Å²) in [5, 5.41) is 1.90. The van der Waals surface area contributed by atoms with Crippen LogP contribution in [-0.4, -0.2) is 4.09 Å². The van der Waals surface area contributed by atoms with Gasteiger partial charge in [0.25, 0.3) is 0 Å². The van der Waals surface area contributed by atoms with E-state index in [0.29, 0.717) is 20.9 Å². The highest BCUT2D eigenvalue weighted by atomic mass is 35.5. The predicted molar refractivity (Wildman–Crippen MR) is 58.2 cm³/mol. The minimum atomic E-state index is 0.284. The van der Waals surface area contributed by atoms with Crippen LogP contribution >= 0.6 is 46.6 Å². The highest BCUT2D eigenvalue weighted by molar-refractivity contribution is 6.50. The molecule has 13 heavy (non-hydrogen) atoms. The normalized spacial score (nSPS) is 11.1. The Kier molecular flexibility index (Phi) is 2.37. The highest BCUT2D eigenvalue weighted by Crippen LogP contribution is 2.38. The van der Waals surface area contributed by atoms with Crippen LogP contribution in [0.2, 0.25) is 15.2 Å². The maximum Gasteiger partial charge on any atom is 0.143 e. The predicted octanol–water partition coefficient (Wildman–Crippen LogP) is 4.60. The number of rotatable bonds is 0. The van der Waals surface area contributed by atoms with E-state index in [0.717, 1.165) is 0 Å². The molecule has 0 aliphatic rings. The Morgan fingerprint density at radius 2 is 1.77 bits per heavy atom. The zero-order valence-corrected chi connectivity index (χ0v) is 9.21. The monoisotopic (exact) mass is 253 g/mol. The Balaban J connectivity index is 3.03. The molecule has 1 nitrogen and oxygen atoms in total. The summed E-state index contributed by atoms with van der Waals surface area (Å²) in [4.78, 5) is 0. The molecule has 0 radical (unpaired) electrons. The second-order valence-electron chi connectivity index (χ2n) is 2.52. The van der Waals surface area contributed by atoms with E-state index in [1.54, 1.807) is 18.2 Å². The van der Waals surface area contributed by atoms with Crippen molar-refractivity contribution in [3.8, 4) is 0 Å². The molecule has 0 N–H and O–H groups in total. The van der Waals surface area contributed by atoms with E-state index in [-0.39, 0.29) is 5.15 Å². The van der Waals surface area contributed by atoms with Gasteiger partial charge in [0, 0.05) is 17.2 Å². The molecule has 5 heteroatoms. The van der Waals surface area contributed by atoms with Crippen molar-refractivity contribution in [2.24, 2.45) is 0 Å². The number of benzene rings is 1. The molecular formula is C8H3Cl4N. The lowest BCUT2D eigenvalue weighted by Crippen LogP contribution is -1.77. The molecule has 0 spiro atoms. The summed E-state index contributed by atoms with van der Waals surface area (Å²) in [5.41, 5.74) is 0.712. The molecule has 2 aromatic rings. The Labute approximate surface area is 94.9 Å². The fraction of sp³-hybridized carbons (Fsp3) is 0. The van der Waals surface area contributed by atoms with Crippen molar-refractivity contribution in [1.82, 2.24) is 4.09 Å². The minimum absolute atomic E-state index is 0.284. The molecule has 1 heterocycles. The summed E-state index contributed by atoms with van der Waals surface area (Å²) < 4.78 is 1.28. The van der Waals surface area contributed by atoms with Crippen LogP contribution < -0.4 is 0 Å². The van der Waals surface area contributed by atoms with Gasteiger partial charge < -0.3 is 0 Å². The summed E-state index contributed by atoms with van der Waals surface area (Å²) >= 11 is 23.6. The van der Waals surface area contributed by atoms with Gasteiger partial charge in [0.15, 0.2) is 0 Å². The van der Waals surface area contributed by atoms with Gasteiger partial charge in [-0.05, 0) is 12.1 Å². The van der Waals surface area contributed by atoms with Crippen molar-refractivity contribution in [3.05, 3.63) is 33.4 Å². The Bertz CT molecular complexity index is 474. The Morgan fingerprint density at radius 3 is 2.38 bits per heavy atom. The molecule has 1 aromatic carbocycles. The summed E-state index contributed by atoms with van der Waals surface area (Å²) in [6, 6.07) is 5.32. The van der Waals surface area contributed by atoms with Crippen LogP contribution in [0.4, 0.5) is 0 Å². The fourth-order valence-corrected chi connectivity index (χ4v) is 2.24. The number of fused-ring (bicyclic) bond motifs is 1. The minimum Gasteiger partial charge on any atom is -0.240 e. The van der Waals surface area contributed by atoms with Gasteiger partial charge in [0.2, 0.25) is 0 Å². The number of hydrogen-bond donors (Lipinski definition) is 0. The third kappa shape index (κ3) is 1.31. The first-order chi connectivity index (χ1) is 6.13. The average molecular weight is 255 g/mol. The van der Waals surface area contributed by atoms with Crippen molar-refractivity contribution in [2.45, 2.75) is 0 Å². The van der Waals surface area contributed by atoms with Crippen LogP contribution in [0.1, 0.15) is 0 Å². The first kappa shape index (κ1) is 9.47. The van der Waals surface area contributed by atoms with Crippen molar-refractivity contribution in [2.75, 3.05) is 0 Å². The second-order valence-corrected chi connectivity index (χ2v) is 4.00. The van der Waals surface area contributed by atoms with Crippen LogP contribution in [0.5, 0.6) is 0 Å². The zero-order chi connectivity index (χ0) is 9.59. The molecule has 68 valence electrons. The first-order valence-electron chi connectivity index (χ1n) is 3.43. The van der Waals surface area contributed by atoms with Gasteiger partial charge in [-0.25, -0.2) is 4.09 Å². The van der Waals surface area contributed by atoms with Crippen LogP contribution in [0.3, 0.4) is 0 Å². The van der Waals surface area contributed by atoms with E-state index in [1.165, 1.54) is 4.09 Å². The van der Waals surface area contributed by atoms with Gasteiger partial charge in [0.1, 0.15) is 5.15 Å². The van der Waals surface area contributed by atoms with Crippen molar-refractivity contribution in [3.63, 3.8) is 0 Å². The van der Waals surface area contributed by atoms with E-state index in [4.69, 9.17) is 46.6 Å². The van der Waals surface area contributed by atoms with Gasteiger partial charge in [-0.2, -0.15) is 0 Å². The molecule has 0 aliphatic heterocycles. The molecule has 1 aromatic heterocycles. The molecule has 2 rings (SSSR count). The number of aromatic nitrogens is 1. The lowest BCUT2D eigenvalue weighted by molar-refractivity contribution is 1.33. The van der Waals surface area contributed by atoms with E-state index >= 15 is 0 Å². The molecular weight excluding hydrogens is 252 g/mol. The Hall–Kier alpha value is -0.0800. The van der Waals surface area contributed by atoms with Gasteiger partial charge in [-0.15, -0.1) is 0 Å². The zero-order valence-electron chi connectivity index (χ0n) is 6.19. The van der Waals surface area contributed by atoms with Crippen LogP contribution in [0, 0.1) is 0 Å². The van der Waals surface area contributed by atoms with Gasteiger partial charge in [-0.1, -0.05) is 40.9 Å². The molecule has 0 saturated heterocycles. The maximum absolute atomic E-state index is 5.93. The first-order valence-corrected chi connectivity index (χ1v) is 4.90. The lowest BCUT2D eigenvalue weighted by atomic mass is 10.2. The van der Waals surface area contributed by atoms with Crippen molar-refractivity contribution >= 4 is 57.5 Å². The topological polar surface area (TPSA) is 4.93 Å². The van der Waals surface area contributed by atoms with Gasteiger partial charge in [0.05, 0.1) is 15.6 Å². The van der Waals surface area contributed by atoms with E-state index in [9.17, 15) is 0 Å². The van der Waals surface area contributed by atoms with Crippen molar-refractivity contribution < 1.29 is 0 Å². The highest BCUT2D eigenvalue weighted by Gasteiger charge is 2.14. The quantitative estimate of drug-likeness (QED) is 0.648. The molecule has 0 amide bonds. The number of nitrogens with zero attached hydrogens (tertiary/aromatic N) is 1. The van der Waals surface area contributed by atoms with Crippen molar-refractivity contribution in [1.29, 1.82) is 0 Å². The molecule has 0 unspecified atom stereocenters. The molecule has 0 saturated carbocycles. The fourth-order valence-electron chi connectivity index (χ4n) is 1.19. The molecule has 0 atom stereocenters. The van der Waals surface area contributed by atoms with E-state index in [1.807, 2.05) is 0 Å². The standard InChI is InChI=1S/C8H3Cl4N/c9-4-2-1-3-5-6(4)7(10)8(11)13(5)12/h1-3H. The smallest absolute Gasteiger partial charge is 0.143 e. The maximum atomic E-state index is 5.93. The van der Waals surface area contributed by atoms with Gasteiger partial charge in [-0.3, -0.25) is 0 Å². The lowest BCUT2D eigenvalue weighted by Gasteiger charge is -1.94. The largest absolute Gasteiger partial charge is 0.240 e. The summed E-state index contributed by atoms with van der Waals surface area (Å²) in [6.45, 7) is 0. The number of hydrogen-bond acceptors (Lipinski definition) is 0. The second kappa shape index (κ2) is 3.25.